The van der Waals surface area contributed by atoms with Crippen LogP contribution in [0.3, 0.4) is 0 Å². The third kappa shape index (κ3) is 1.86. The quantitative estimate of drug-likeness (QED) is 0.639. The molecule has 0 saturated carbocycles. The Morgan fingerprint density at radius 1 is 1.64 bits per heavy atom. The first kappa shape index (κ1) is 8.38. The number of allylic oxidation sites excluding steroid dienone is 3. The molecule has 1 atom stereocenters. The van der Waals surface area contributed by atoms with E-state index in [2.05, 4.69) is 18.8 Å². The van der Waals surface area contributed by atoms with Crippen LogP contribution < -0.4 is 5.32 Å². The molecule has 0 fully saturated rings. The van der Waals surface area contributed by atoms with Crippen LogP contribution in [0, 0.1) is 5.92 Å². The van der Waals surface area contributed by atoms with E-state index < -0.39 is 0 Å². The van der Waals surface area contributed by atoms with Crippen molar-refractivity contribution >= 4 is 0 Å². The Bertz CT molecular complexity index is 179. The Labute approximate surface area is 69.2 Å². The zero-order valence-electron chi connectivity index (χ0n) is 7.48. The smallest absolute Gasteiger partial charge is 0.0139 e. The van der Waals surface area contributed by atoms with Gasteiger partial charge in [-0.3, -0.25) is 0 Å². The minimum absolute atomic E-state index is 0.834. The standard InChI is InChI=1S/C10H17N/c1-4-9-6-5-8(2)7-10(9)11-3/h4,8,11H,1,5-7H2,2-3H3. The first-order valence-electron chi connectivity index (χ1n) is 4.30. The number of hydrogen-bond donors (Lipinski definition) is 1. The van der Waals surface area contributed by atoms with Crippen LogP contribution in [0.25, 0.3) is 0 Å². The van der Waals surface area contributed by atoms with Gasteiger partial charge in [0, 0.05) is 12.7 Å². The van der Waals surface area contributed by atoms with Gasteiger partial charge in [0.25, 0.3) is 0 Å². The van der Waals surface area contributed by atoms with Crippen molar-refractivity contribution < 1.29 is 0 Å². The highest BCUT2D eigenvalue weighted by Crippen LogP contribution is 2.27. The molecule has 0 amide bonds. The van der Waals surface area contributed by atoms with Gasteiger partial charge in [0.15, 0.2) is 0 Å². The molecule has 0 saturated heterocycles. The molecule has 1 N–H and O–H groups in total. The van der Waals surface area contributed by atoms with Crippen molar-refractivity contribution in [2.75, 3.05) is 7.05 Å². The highest BCUT2D eigenvalue weighted by molar-refractivity contribution is 5.25. The van der Waals surface area contributed by atoms with Gasteiger partial charge in [0.1, 0.15) is 0 Å². The lowest BCUT2D eigenvalue weighted by Crippen LogP contribution is -2.16. The fraction of sp³-hybridized carbons (Fsp3) is 0.600. The number of rotatable bonds is 2. The summed E-state index contributed by atoms with van der Waals surface area (Å²) in [5, 5.41) is 3.24. The SMILES string of the molecule is C=CC1=C(NC)CC(C)CC1. The van der Waals surface area contributed by atoms with Crippen molar-refractivity contribution in [3.63, 3.8) is 0 Å². The van der Waals surface area contributed by atoms with Crippen LogP contribution in [0.5, 0.6) is 0 Å². The second-order valence-electron chi connectivity index (χ2n) is 3.31. The molecule has 1 nitrogen and oxygen atoms in total. The number of hydrogen-bond acceptors (Lipinski definition) is 1. The third-order valence-corrected chi connectivity index (χ3v) is 2.39. The lowest BCUT2D eigenvalue weighted by molar-refractivity contribution is 0.485. The van der Waals surface area contributed by atoms with Gasteiger partial charge in [-0.15, -0.1) is 0 Å². The summed E-state index contributed by atoms with van der Waals surface area (Å²) in [6.45, 7) is 6.11. The summed E-state index contributed by atoms with van der Waals surface area (Å²) < 4.78 is 0. The van der Waals surface area contributed by atoms with Gasteiger partial charge in [-0.2, -0.15) is 0 Å². The monoisotopic (exact) mass is 151 g/mol. The van der Waals surface area contributed by atoms with Crippen molar-refractivity contribution in [3.8, 4) is 0 Å². The molecule has 1 rings (SSSR count). The minimum Gasteiger partial charge on any atom is -0.391 e. The maximum atomic E-state index is 3.81. The van der Waals surface area contributed by atoms with Gasteiger partial charge in [-0.1, -0.05) is 19.6 Å². The molecule has 0 aromatic heterocycles. The average Bonchev–Trinajstić information content (AvgIpc) is 2.04. The van der Waals surface area contributed by atoms with Crippen molar-refractivity contribution in [1.29, 1.82) is 0 Å². The van der Waals surface area contributed by atoms with Crippen LogP contribution in [0.15, 0.2) is 23.9 Å². The van der Waals surface area contributed by atoms with Crippen LogP contribution in [-0.4, -0.2) is 7.05 Å². The van der Waals surface area contributed by atoms with E-state index in [0.717, 1.165) is 5.92 Å². The summed E-state index contributed by atoms with van der Waals surface area (Å²) in [7, 11) is 2.00. The van der Waals surface area contributed by atoms with Crippen molar-refractivity contribution in [1.82, 2.24) is 5.32 Å². The van der Waals surface area contributed by atoms with E-state index in [1.807, 2.05) is 13.1 Å². The van der Waals surface area contributed by atoms with Gasteiger partial charge < -0.3 is 5.32 Å². The summed E-state index contributed by atoms with van der Waals surface area (Å²) in [5.41, 5.74) is 2.80. The molecular formula is C10H17N. The summed E-state index contributed by atoms with van der Waals surface area (Å²) in [6, 6.07) is 0. The van der Waals surface area contributed by atoms with Crippen molar-refractivity contribution in [2.45, 2.75) is 26.2 Å². The molecule has 0 bridgehead atoms. The Hall–Kier alpha value is -0.720. The Balaban J connectivity index is 2.74. The molecule has 62 valence electrons. The molecule has 0 radical (unpaired) electrons. The Morgan fingerprint density at radius 2 is 2.36 bits per heavy atom. The molecule has 1 heteroatoms. The predicted octanol–water partition coefficient (Wildman–Crippen LogP) is 2.47. The average molecular weight is 151 g/mol. The molecule has 1 aliphatic carbocycles. The zero-order chi connectivity index (χ0) is 8.27. The number of nitrogens with one attached hydrogen (secondary N) is 1. The molecule has 0 heterocycles. The largest absolute Gasteiger partial charge is 0.391 e. The lowest BCUT2D eigenvalue weighted by Gasteiger charge is -2.22. The molecule has 0 aromatic carbocycles. The second kappa shape index (κ2) is 3.61. The van der Waals surface area contributed by atoms with Gasteiger partial charge in [-0.25, -0.2) is 0 Å². The van der Waals surface area contributed by atoms with Gasteiger partial charge >= 0.3 is 0 Å². The van der Waals surface area contributed by atoms with Gasteiger partial charge in [0.05, 0.1) is 0 Å². The van der Waals surface area contributed by atoms with E-state index in [1.54, 1.807) is 0 Å². The summed E-state index contributed by atoms with van der Waals surface area (Å²) in [6.07, 6.45) is 5.68. The Morgan fingerprint density at radius 3 is 2.91 bits per heavy atom. The molecule has 1 unspecified atom stereocenters. The fourth-order valence-corrected chi connectivity index (χ4v) is 1.62. The normalized spacial score (nSPS) is 25.1. The summed E-state index contributed by atoms with van der Waals surface area (Å²) in [5.74, 6) is 0.834. The molecule has 1 aliphatic rings. The van der Waals surface area contributed by atoms with E-state index in [0.29, 0.717) is 0 Å². The predicted molar refractivity (Wildman–Crippen MR) is 49.3 cm³/mol. The van der Waals surface area contributed by atoms with E-state index in [1.165, 1.54) is 30.5 Å². The fourth-order valence-electron chi connectivity index (χ4n) is 1.62. The maximum Gasteiger partial charge on any atom is 0.0139 e. The van der Waals surface area contributed by atoms with E-state index in [-0.39, 0.29) is 0 Å². The second-order valence-corrected chi connectivity index (χ2v) is 3.31. The minimum atomic E-state index is 0.834. The third-order valence-electron chi connectivity index (χ3n) is 2.39. The van der Waals surface area contributed by atoms with Crippen LogP contribution >= 0.6 is 0 Å². The lowest BCUT2D eigenvalue weighted by atomic mass is 9.88. The van der Waals surface area contributed by atoms with Gasteiger partial charge in [0.2, 0.25) is 0 Å². The van der Waals surface area contributed by atoms with E-state index in [9.17, 15) is 0 Å². The van der Waals surface area contributed by atoms with Crippen LogP contribution in [-0.2, 0) is 0 Å². The highest BCUT2D eigenvalue weighted by atomic mass is 14.8. The first-order chi connectivity index (χ1) is 5.27. The topological polar surface area (TPSA) is 12.0 Å². The molecule has 0 spiro atoms. The first-order valence-corrected chi connectivity index (χ1v) is 4.30. The van der Waals surface area contributed by atoms with Crippen molar-refractivity contribution in [3.05, 3.63) is 23.9 Å². The maximum absolute atomic E-state index is 3.81. The summed E-state index contributed by atoms with van der Waals surface area (Å²) >= 11 is 0. The zero-order valence-corrected chi connectivity index (χ0v) is 7.48. The van der Waals surface area contributed by atoms with Crippen LogP contribution in [0.1, 0.15) is 26.2 Å². The van der Waals surface area contributed by atoms with E-state index in [4.69, 9.17) is 0 Å². The summed E-state index contributed by atoms with van der Waals surface area (Å²) in [4.78, 5) is 0. The van der Waals surface area contributed by atoms with Crippen LogP contribution in [0.2, 0.25) is 0 Å². The van der Waals surface area contributed by atoms with Crippen molar-refractivity contribution in [2.24, 2.45) is 5.92 Å². The van der Waals surface area contributed by atoms with Gasteiger partial charge in [-0.05, 0) is 30.8 Å². The molecule has 0 aliphatic heterocycles. The Kier molecular flexibility index (Phi) is 2.75. The molecule has 11 heavy (non-hydrogen) atoms. The molecule has 0 aromatic rings. The highest BCUT2D eigenvalue weighted by Gasteiger charge is 2.14. The van der Waals surface area contributed by atoms with E-state index >= 15 is 0 Å². The molecular weight excluding hydrogens is 134 g/mol. The van der Waals surface area contributed by atoms with Crippen LogP contribution in [0.4, 0.5) is 0 Å².